The van der Waals surface area contributed by atoms with E-state index < -0.39 is 17.7 Å². The Hall–Kier alpha value is -3.07. The molecule has 0 spiro atoms. The number of alkyl halides is 3. The number of halogens is 3. The van der Waals surface area contributed by atoms with Gasteiger partial charge in [0.2, 0.25) is 0 Å². The number of carbonyl (C=O) groups is 2. The number of amides is 2. The van der Waals surface area contributed by atoms with E-state index in [-0.39, 0.29) is 18.3 Å². The summed E-state index contributed by atoms with van der Waals surface area (Å²) >= 11 is 0. The Morgan fingerprint density at radius 1 is 1.10 bits per heavy atom. The molecule has 1 fully saturated rings. The van der Waals surface area contributed by atoms with Gasteiger partial charge in [-0.3, -0.25) is 4.90 Å². The third-order valence-electron chi connectivity index (χ3n) is 4.82. The maximum absolute atomic E-state index is 13.2. The molecule has 2 aromatic carbocycles. The van der Waals surface area contributed by atoms with Gasteiger partial charge in [-0.1, -0.05) is 18.2 Å². The van der Waals surface area contributed by atoms with Crippen LogP contribution in [0.5, 0.6) is 0 Å². The summed E-state index contributed by atoms with van der Waals surface area (Å²) in [5, 5.41) is 3.14. The van der Waals surface area contributed by atoms with Crippen LogP contribution < -0.4 is 10.2 Å². The first-order chi connectivity index (χ1) is 14.3. The molecule has 30 heavy (non-hydrogen) atoms. The Labute approximate surface area is 172 Å². The number of urea groups is 1. The van der Waals surface area contributed by atoms with Crippen molar-refractivity contribution >= 4 is 17.7 Å². The van der Waals surface area contributed by atoms with Gasteiger partial charge in [0.1, 0.15) is 0 Å². The van der Waals surface area contributed by atoms with E-state index in [9.17, 15) is 22.8 Å². The molecule has 1 aliphatic heterocycles. The van der Waals surface area contributed by atoms with Gasteiger partial charge in [-0.05, 0) is 35.9 Å². The highest BCUT2D eigenvalue weighted by Crippen LogP contribution is 2.32. The molecule has 1 heterocycles. The number of ether oxygens (including phenoxy) is 1. The molecule has 160 valence electrons. The Balaban J connectivity index is 1.91. The molecule has 0 atom stereocenters. The van der Waals surface area contributed by atoms with Crippen LogP contribution in [-0.2, 0) is 17.5 Å². The number of piperazine rings is 1. The quantitative estimate of drug-likeness (QED) is 0.768. The molecule has 6 nitrogen and oxygen atoms in total. The molecule has 0 aliphatic carbocycles. The monoisotopic (exact) mass is 421 g/mol. The van der Waals surface area contributed by atoms with Gasteiger partial charge in [0.05, 0.1) is 24.8 Å². The van der Waals surface area contributed by atoms with Crippen molar-refractivity contribution in [2.24, 2.45) is 0 Å². The van der Waals surface area contributed by atoms with Crippen molar-refractivity contribution in [2.45, 2.75) is 12.7 Å². The third-order valence-corrected chi connectivity index (χ3v) is 4.82. The zero-order valence-electron chi connectivity index (χ0n) is 16.4. The number of hydrogen-bond donors (Lipinski definition) is 1. The minimum atomic E-state index is -4.51. The molecular formula is C21H22F3N3O3. The first-order valence-corrected chi connectivity index (χ1v) is 9.41. The van der Waals surface area contributed by atoms with Crippen LogP contribution in [0.2, 0.25) is 0 Å². The molecule has 0 bridgehead atoms. The Bertz CT molecular complexity index is 894. The maximum Gasteiger partial charge on any atom is 0.416 e. The van der Waals surface area contributed by atoms with Crippen molar-refractivity contribution in [3.63, 3.8) is 0 Å². The molecule has 9 heteroatoms. The van der Waals surface area contributed by atoms with Gasteiger partial charge in [0.25, 0.3) is 0 Å². The normalized spacial score (nSPS) is 14.3. The number of nitrogens with one attached hydrogen (secondary N) is 1. The lowest BCUT2D eigenvalue weighted by Gasteiger charge is -2.33. The van der Waals surface area contributed by atoms with Crippen LogP contribution in [0.15, 0.2) is 48.5 Å². The number of methoxy groups -OCH3 is 1. The van der Waals surface area contributed by atoms with Crippen molar-refractivity contribution in [3.05, 3.63) is 65.2 Å². The van der Waals surface area contributed by atoms with E-state index in [1.54, 1.807) is 29.2 Å². The Morgan fingerprint density at radius 2 is 1.77 bits per heavy atom. The van der Waals surface area contributed by atoms with E-state index in [1.165, 1.54) is 24.1 Å². The molecule has 3 rings (SSSR count). The molecule has 1 aliphatic rings. The van der Waals surface area contributed by atoms with Gasteiger partial charge >= 0.3 is 18.2 Å². The number of nitrogens with zero attached hydrogens (tertiary/aromatic N) is 2. The maximum atomic E-state index is 13.2. The number of carbonyl (C=O) groups excluding carboxylic acids is 2. The zero-order valence-corrected chi connectivity index (χ0v) is 16.4. The number of rotatable bonds is 4. The number of benzene rings is 2. The third kappa shape index (κ3) is 5.10. The minimum Gasteiger partial charge on any atom is -0.465 e. The number of esters is 1. The van der Waals surface area contributed by atoms with Crippen molar-refractivity contribution in [1.29, 1.82) is 0 Å². The molecule has 0 aromatic heterocycles. The standard InChI is InChI=1S/C21H22F3N3O3/c1-30-19(28)16-7-5-15(6-8-16)14-27(20(29)26-11-9-25-10-12-26)18-4-2-3-17(13-18)21(22,23)24/h2-8,13,25H,9-12,14H2,1H3. The van der Waals surface area contributed by atoms with Gasteiger partial charge in [-0.2, -0.15) is 13.2 Å². The average Bonchev–Trinajstić information content (AvgIpc) is 2.77. The first kappa shape index (κ1) is 21.6. The molecular weight excluding hydrogens is 399 g/mol. The van der Waals surface area contributed by atoms with Crippen LogP contribution >= 0.6 is 0 Å². The van der Waals surface area contributed by atoms with E-state index in [1.807, 2.05) is 0 Å². The fraction of sp³-hybridized carbons (Fsp3) is 0.333. The topological polar surface area (TPSA) is 61.9 Å². The van der Waals surface area contributed by atoms with Gasteiger partial charge in [0, 0.05) is 31.9 Å². The van der Waals surface area contributed by atoms with Crippen LogP contribution in [-0.4, -0.2) is 50.2 Å². The number of anilines is 1. The molecule has 0 saturated carbocycles. The largest absolute Gasteiger partial charge is 0.465 e. The highest BCUT2D eigenvalue weighted by atomic mass is 19.4. The van der Waals surface area contributed by atoms with E-state index >= 15 is 0 Å². The highest BCUT2D eigenvalue weighted by molar-refractivity contribution is 5.92. The summed E-state index contributed by atoms with van der Waals surface area (Å²) in [5.74, 6) is -0.492. The Morgan fingerprint density at radius 3 is 2.37 bits per heavy atom. The van der Waals surface area contributed by atoms with Crippen molar-refractivity contribution in [1.82, 2.24) is 10.2 Å². The van der Waals surface area contributed by atoms with Gasteiger partial charge in [-0.15, -0.1) is 0 Å². The second kappa shape index (κ2) is 9.17. The summed E-state index contributed by atoms with van der Waals surface area (Å²) in [6.07, 6.45) is -4.51. The molecule has 0 radical (unpaired) electrons. The predicted octanol–water partition coefficient (Wildman–Crippen LogP) is 3.52. The summed E-state index contributed by atoms with van der Waals surface area (Å²) in [7, 11) is 1.28. The van der Waals surface area contributed by atoms with E-state index in [0.29, 0.717) is 37.3 Å². The molecule has 1 saturated heterocycles. The van der Waals surface area contributed by atoms with Crippen LogP contribution in [0.4, 0.5) is 23.7 Å². The van der Waals surface area contributed by atoms with Crippen LogP contribution in [0, 0.1) is 0 Å². The lowest BCUT2D eigenvalue weighted by Crippen LogP contribution is -2.51. The van der Waals surface area contributed by atoms with Gasteiger partial charge in [-0.25, -0.2) is 9.59 Å². The SMILES string of the molecule is COC(=O)c1ccc(CN(C(=O)N2CCNCC2)c2cccc(C(F)(F)F)c2)cc1. The molecule has 0 unspecified atom stereocenters. The fourth-order valence-corrected chi connectivity index (χ4v) is 3.19. The Kier molecular flexibility index (Phi) is 6.61. The van der Waals surface area contributed by atoms with E-state index in [2.05, 4.69) is 10.1 Å². The van der Waals surface area contributed by atoms with Crippen molar-refractivity contribution in [3.8, 4) is 0 Å². The summed E-state index contributed by atoms with van der Waals surface area (Å²) in [6.45, 7) is 2.24. The lowest BCUT2D eigenvalue weighted by molar-refractivity contribution is -0.137. The van der Waals surface area contributed by atoms with Crippen LogP contribution in [0.1, 0.15) is 21.5 Å². The zero-order chi connectivity index (χ0) is 21.7. The second-order valence-corrected chi connectivity index (χ2v) is 6.84. The van der Waals surface area contributed by atoms with E-state index in [0.717, 1.165) is 12.1 Å². The first-order valence-electron chi connectivity index (χ1n) is 9.41. The summed E-state index contributed by atoms with van der Waals surface area (Å²) in [4.78, 5) is 27.7. The second-order valence-electron chi connectivity index (χ2n) is 6.84. The highest BCUT2D eigenvalue weighted by Gasteiger charge is 2.32. The number of hydrogen-bond acceptors (Lipinski definition) is 4. The molecule has 2 aromatic rings. The van der Waals surface area contributed by atoms with Gasteiger partial charge < -0.3 is 15.0 Å². The predicted molar refractivity (Wildman–Crippen MR) is 105 cm³/mol. The summed E-state index contributed by atoms with van der Waals surface area (Å²) < 4.78 is 44.3. The molecule has 2 amide bonds. The lowest BCUT2D eigenvalue weighted by atomic mass is 10.1. The smallest absolute Gasteiger partial charge is 0.416 e. The van der Waals surface area contributed by atoms with Crippen LogP contribution in [0.25, 0.3) is 0 Å². The van der Waals surface area contributed by atoms with E-state index in [4.69, 9.17) is 0 Å². The summed E-state index contributed by atoms with van der Waals surface area (Å²) in [6, 6.07) is 10.8. The van der Waals surface area contributed by atoms with Gasteiger partial charge in [0.15, 0.2) is 0 Å². The average molecular weight is 421 g/mol. The minimum absolute atomic E-state index is 0.0610. The van der Waals surface area contributed by atoms with Crippen molar-refractivity contribution in [2.75, 3.05) is 38.2 Å². The summed E-state index contributed by atoms with van der Waals surface area (Å²) in [5.41, 5.74) is 0.355. The fourth-order valence-electron chi connectivity index (χ4n) is 3.19. The van der Waals surface area contributed by atoms with Crippen molar-refractivity contribution < 1.29 is 27.5 Å². The van der Waals surface area contributed by atoms with Crippen LogP contribution in [0.3, 0.4) is 0 Å². The molecule has 1 N–H and O–H groups in total.